The summed E-state index contributed by atoms with van der Waals surface area (Å²) in [5.74, 6) is 1.98. The zero-order chi connectivity index (χ0) is 19.6. The lowest BCUT2D eigenvalue weighted by molar-refractivity contribution is -0.124. The van der Waals surface area contributed by atoms with Crippen molar-refractivity contribution in [3.63, 3.8) is 0 Å². The molecule has 4 rings (SSSR count). The predicted octanol–water partition coefficient (Wildman–Crippen LogP) is 2.72. The second-order valence-electron chi connectivity index (χ2n) is 8.99. The Balaban J connectivity index is 1.40. The van der Waals surface area contributed by atoms with E-state index in [4.69, 9.17) is 4.52 Å². The molecule has 3 fully saturated rings. The second kappa shape index (κ2) is 8.49. The predicted molar refractivity (Wildman–Crippen MR) is 106 cm³/mol. The van der Waals surface area contributed by atoms with E-state index in [1.807, 2.05) is 0 Å². The van der Waals surface area contributed by atoms with Crippen LogP contribution < -0.4 is 10.6 Å². The minimum Gasteiger partial charge on any atom is -0.343 e. The van der Waals surface area contributed by atoms with Crippen molar-refractivity contribution >= 4 is 5.91 Å². The summed E-state index contributed by atoms with van der Waals surface area (Å²) in [5.41, 5.74) is -0.437. The third-order valence-corrected chi connectivity index (χ3v) is 7.03. The van der Waals surface area contributed by atoms with Crippen LogP contribution in [-0.2, 0) is 16.9 Å². The van der Waals surface area contributed by atoms with Crippen molar-refractivity contribution in [3.8, 4) is 0 Å². The van der Waals surface area contributed by atoms with E-state index < -0.39 is 5.54 Å². The zero-order valence-electron chi connectivity index (χ0n) is 17.4. The summed E-state index contributed by atoms with van der Waals surface area (Å²) in [7, 11) is 0. The summed E-state index contributed by atoms with van der Waals surface area (Å²) in [6.07, 6.45) is 9.42. The molecular formula is C21H35N5O2. The highest BCUT2D eigenvalue weighted by atomic mass is 16.5. The van der Waals surface area contributed by atoms with Gasteiger partial charge in [0.15, 0.2) is 5.82 Å². The van der Waals surface area contributed by atoms with Crippen LogP contribution in [0.3, 0.4) is 0 Å². The van der Waals surface area contributed by atoms with Crippen LogP contribution in [0.25, 0.3) is 0 Å². The van der Waals surface area contributed by atoms with Gasteiger partial charge in [-0.3, -0.25) is 9.69 Å². The quantitative estimate of drug-likeness (QED) is 0.711. The van der Waals surface area contributed by atoms with Gasteiger partial charge in [0.1, 0.15) is 5.54 Å². The molecule has 1 saturated carbocycles. The third-order valence-electron chi connectivity index (χ3n) is 7.03. The number of amides is 1. The highest BCUT2D eigenvalue weighted by Crippen LogP contribution is 2.38. The molecule has 1 amide bonds. The Bertz CT molecular complexity index is 654. The molecule has 3 heterocycles. The summed E-state index contributed by atoms with van der Waals surface area (Å²) in [4.78, 5) is 19.9. The first kappa shape index (κ1) is 19.8. The molecule has 1 aromatic heterocycles. The minimum absolute atomic E-state index is 0.156. The SMILES string of the molecule is CCN(CC)Cc1nc(C2(NC(=O)CC3CC4CCC(C3)N4)CCCC2)no1. The molecule has 7 nitrogen and oxygen atoms in total. The van der Waals surface area contributed by atoms with E-state index in [0.717, 1.165) is 51.6 Å². The molecule has 2 atom stereocenters. The molecule has 1 aromatic rings. The Labute approximate surface area is 168 Å². The van der Waals surface area contributed by atoms with Crippen molar-refractivity contribution in [3.05, 3.63) is 11.7 Å². The second-order valence-corrected chi connectivity index (χ2v) is 8.99. The maximum atomic E-state index is 12.9. The van der Waals surface area contributed by atoms with Crippen molar-refractivity contribution in [2.24, 2.45) is 5.92 Å². The van der Waals surface area contributed by atoms with Crippen LogP contribution in [-0.4, -0.2) is 46.1 Å². The minimum atomic E-state index is -0.437. The van der Waals surface area contributed by atoms with Crippen molar-refractivity contribution < 1.29 is 9.32 Å². The first-order valence-electron chi connectivity index (χ1n) is 11.2. The number of carbonyl (C=O) groups excluding carboxylic acids is 1. The van der Waals surface area contributed by atoms with Gasteiger partial charge in [0.2, 0.25) is 11.8 Å². The fourth-order valence-electron chi connectivity index (χ4n) is 5.46. The molecule has 156 valence electrons. The highest BCUT2D eigenvalue weighted by molar-refractivity contribution is 5.77. The topological polar surface area (TPSA) is 83.3 Å². The first-order valence-corrected chi connectivity index (χ1v) is 11.2. The van der Waals surface area contributed by atoms with Gasteiger partial charge in [-0.05, 0) is 57.5 Å². The normalized spacial score (nSPS) is 28.8. The molecule has 3 aliphatic rings. The maximum absolute atomic E-state index is 12.9. The van der Waals surface area contributed by atoms with Gasteiger partial charge < -0.3 is 15.2 Å². The molecule has 2 unspecified atom stereocenters. The number of hydrogen-bond donors (Lipinski definition) is 2. The van der Waals surface area contributed by atoms with Crippen LogP contribution in [0.15, 0.2) is 4.52 Å². The first-order chi connectivity index (χ1) is 13.6. The molecule has 28 heavy (non-hydrogen) atoms. The number of carbonyl (C=O) groups is 1. The largest absolute Gasteiger partial charge is 0.343 e. The molecule has 2 saturated heterocycles. The number of nitrogens with zero attached hydrogens (tertiary/aromatic N) is 3. The number of fused-ring (bicyclic) bond motifs is 2. The van der Waals surface area contributed by atoms with Crippen LogP contribution >= 0.6 is 0 Å². The molecular weight excluding hydrogens is 354 g/mol. The Morgan fingerprint density at radius 3 is 2.54 bits per heavy atom. The maximum Gasteiger partial charge on any atom is 0.240 e. The highest BCUT2D eigenvalue weighted by Gasteiger charge is 2.42. The average Bonchev–Trinajstić information content (AvgIpc) is 3.41. The summed E-state index contributed by atoms with van der Waals surface area (Å²) in [6, 6.07) is 1.24. The fraction of sp³-hybridized carbons (Fsp3) is 0.857. The van der Waals surface area contributed by atoms with E-state index in [-0.39, 0.29) is 5.91 Å². The van der Waals surface area contributed by atoms with E-state index in [2.05, 4.69) is 39.5 Å². The van der Waals surface area contributed by atoms with Crippen LogP contribution in [0.1, 0.15) is 83.3 Å². The molecule has 7 heteroatoms. The van der Waals surface area contributed by atoms with Gasteiger partial charge in [0.05, 0.1) is 6.54 Å². The monoisotopic (exact) mass is 389 g/mol. The lowest BCUT2D eigenvalue weighted by atomic mass is 9.88. The zero-order valence-corrected chi connectivity index (χ0v) is 17.4. The van der Waals surface area contributed by atoms with E-state index in [9.17, 15) is 4.79 Å². The lowest BCUT2D eigenvalue weighted by Gasteiger charge is -2.31. The lowest BCUT2D eigenvalue weighted by Crippen LogP contribution is -2.46. The van der Waals surface area contributed by atoms with E-state index in [0.29, 0.717) is 42.7 Å². The van der Waals surface area contributed by atoms with Crippen molar-refractivity contribution in [1.29, 1.82) is 0 Å². The summed E-state index contributed by atoms with van der Waals surface area (Å²) >= 11 is 0. The standard InChI is InChI=1S/C21H35N5O2/c1-3-26(4-2)14-19-23-20(25-28-19)21(9-5-6-10-21)24-18(27)13-15-11-16-7-8-17(12-15)22-16/h15-17,22H,3-14H2,1-2H3,(H,24,27). The molecule has 2 N–H and O–H groups in total. The number of aromatic nitrogens is 2. The molecule has 2 bridgehead atoms. The molecule has 1 aliphatic carbocycles. The van der Waals surface area contributed by atoms with Crippen LogP contribution in [0.2, 0.25) is 0 Å². The van der Waals surface area contributed by atoms with Crippen LogP contribution in [0, 0.1) is 5.92 Å². The number of hydrogen-bond acceptors (Lipinski definition) is 6. The Kier molecular flexibility index (Phi) is 6.01. The van der Waals surface area contributed by atoms with Crippen LogP contribution in [0.4, 0.5) is 0 Å². The van der Waals surface area contributed by atoms with Crippen molar-refractivity contribution in [2.45, 2.75) is 95.8 Å². The number of rotatable bonds is 8. The smallest absolute Gasteiger partial charge is 0.240 e. The van der Waals surface area contributed by atoms with E-state index >= 15 is 0 Å². The van der Waals surface area contributed by atoms with Crippen molar-refractivity contribution in [2.75, 3.05) is 13.1 Å². The molecule has 0 radical (unpaired) electrons. The third kappa shape index (κ3) is 4.25. The number of piperidine rings is 1. The van der Waals surface area contributed by atoms with Gasteiger partial charge in [0.25, 0.3) is 0 Å². The Hall–Kier alpha value is -1.47. The van der Waals surface area contributed by atoms with Gasteiger partial charge in [-0.2, -0.15) is 4.98 Å². The summed E-state index contributed by atoms with van der Waals surface area (Å²) in [6.45, 7) is 6.84. The van der Waals surface area contributed by atoms with Crippen LogP contribution in [0.5, 0.6) is 0 Å². The Morgan fingerprint density at radius 1 is 1.21 bits per heavy atom. The molecule has 0 spiro atoms. The van der Waals surface area contributed by atoms with E-state index in [1.54, 1.807) is 0 Å². The van der Waals surface area contributed by atoms with E-state index in [1.165, 1.54) is 12.8 Å². The fourth-order valence-corrected chi connectivity index (χ4v) is 5.46. The van der Waals surface area contributed by atoms with Gasteiger partial charge in [-0.1, -0.05) is 31.8 Å². The average molecular weight is 390 g/mol. The van der Waals surface area contributed by atoms with Gasteiger partial charge in [-0.15, -0.1) is 0 Å². The van der Waals surface area contributed by atoms with Gasteiger partial charge in [-0.25, -0.2) is 0 Å². The number of nitrogens with one attached hydrogen (secondary N) is 2. The molecule has 2 aliphatic heterocycles. The summed E-state index contributed by atoms with van der Waals surface area (Å²) in [5, 5.41) is 11.3. The Morgan fingerprint density at radius 2 is 1.89 bits per heavy atom. The summed E-state index contributed by atoms with van der Waals surface area (Å²) < 4.78 is 5.54. The van der Waals surface area contributed by atoms with Gasteiger partial charge >= 0.3 is 0 Å². The molecule has 0 aromatic carbocycles. The van der Waals surface area contributed by atoms with Crippen molar-refractivity contribution in [1.82, 2.24) is 25.7 Å². The van der Waals surface area contributed by atoms with Gasteiger partial charge in [0, 0.05) is 18.5 Å².